The number of likely N-dealkylation sites (tertiary alicyclic amines) is 1. The van der Waals surface area contributed by atoms with Crippen molar-refractivity contribution >= 4 is 5.91 Å². The fraction of sp³-hybridized carbons (Fsp3) is 0.688. The highest BCUT2D eigenvalue weighted by Crippen LogP contribution is 2.16. The van der Waals surface area contributed by atoms with Crippen LogP contribution in [0.1, 0.15) is 32.5 Å². The first kappa shape index (κ1) is 16.8. The van der Waals surface area contributed by atoms with E-state index in [-0.39, 0.29) is 12.0 Å². The minimum Gasteiger partial charge on any atom is -0.378 e. The largest absolute Gasteiger partial charge is 0.378 e. The van der Waals surface area contributed by atoms with Gasteiger partial charge in [-0.1, -0.05) is 0 Å². The molecule has 2 heterocycles. The van der Waals surface area contributed by atoms with Crippen molar-refractivity contribution in [1.82, 2.24) is 19.8 Å². The fourth-order valence-corrected chi connectivity index (χ4v) is 2.63. The third kappa shape index (κ3) is 5.03. The van der Waals surface area contributed by atoms with Crippen LogP contribution < -0.4 is 0 Å². The second-order valence-electron chi connectivity index (χ2n) is 6.03. The number of amides is 1. The van der Waals surface area contributed by atoms with Crippen molar-refractivity contribution in [3.05, 3.63) is 24.3 Å². The molecule has 0 spiro atoms. The molecule has 0 aromatic carbocycles. The number of likely N-dealkylation sites (N-methyl/N-ethyl adjacent to an activating group) is 1. The molecule has 6 heteroatoms. The number of hydrogen-bond donors (Lipinski definition) is 0. The van der Waals surface area contributed by atoms with E-state index in [1.54, 1.807) is 12.4 Å². The zero-order valence-corrected chi connectivity index (χ0v) is 13.7. The van der Waals surface area contributed by atoms with Crippen molar-refractivity contribution in [1.29, 1.82) is 0 Å². The van der Waals surface area contributed by atoms with Crippen molar-refractivity contribution < 1.29 is 9.53 Å². The lowest BCUT2D eigenvalue weighted by atomic mass is 10.2. The molecule has 122 valence electrons. The third-order valence-electron chi connectivity index (χ3n) is 3.92. The molecular formula is C16H26N4O2. The molecule has 1 saturated heterocycles. The molecule has 0 bridgehead atoms. The van der Waals surface area contributed by atoms with Gasteiger partial charge in [0.1, 0.15) is 5.82 Å². The minimum atomic E-state index is 0.177. The first-order valence-electron chi connectivity index (χ1n) is 7.91. The number of carbonyl (C=O) groups excluding carboxylic acids is 1. The predicted octanol–water partition coefficient (Wildman–Crippen LogP) is 1.32. The minimum absolute atomic E-state index is 0.177. The van der Waals surface area contributed by atoms with Gasteiger partial charge in [0, 0.05) is 31.5 Å². The van der Waals surface area contributed by atoms with Crippen LogP contribution in [0.15, 0.2) is 18.5 Å². The lowest BCUT2D eigenvalue weighted by Gasteiger charge is -2.24. The lowest BCUT2D eigenvalue weighted by molar-refractivity contribution is -0.131. The molecule has 1 amide bonds. The molecule has 0 radical (unpaired) electrons. The smallest absolute Gasteiger partial charge is 0.224 e. The van der Waals surface area contributed by atoms with Crippen LogP contribution in [0.5, 0.6) is 0 Å². The van der Waals surface area contributed by atoms with Crippen LogP contribution in [0.3, 0.4) is 0 Å². The number of aromatic nitrogens is 2. The maximum absolute atomic E-state index is 12.2. The summed E-state index contributed by atoms with van der Waals surface area (Å²) in [5.74, 6) is 1.01. The van der Waals surface area contributed by atoms with Gasteiger partial charge in [-0.05, 0) is 33.4 Å². The van der Waals surface area contributed by atoms with E-state index >= 15 is 0 Å². The second-order valence-corrected chi connectivity index (χ2v) is 6.03. The van der Waals surface area contributed by atoms with E-state index in [4.69, 9.17) is 4.74 Å². The maximum Gasteiger partial charge on any atom is 0.224 e. The Morgan fingerprint density at radius 2 is 2.18 bits per heavy atom. The Kier molecular flexibility index (Phi) is 6.27. The molecule has 6 nitrogen and oxygen atoms in total. The quantitative estimate of drug-likeness (QED) is 0.760. The molecule has 0 unspecified atom stereocenters. The summed E-state index contributed by atoms with van der Waals surface area (Å²) in [5.41, 5.74) is 0. The molecule has 1 aliphatic heterocycles. The predicted molar refractivity (Wildman–Crippen MR) is 84.2 cm³/mol. The highest BCUT2D eigenvalue weighted by molar-refractivity contribution is 5.76. The van der Waals surface area contributed by atoms with Crippen molar-refractivity contribution in [2.24, 2.45) is 0 Å². The van der Waals surface area contributed by atoms with E-state index in [2.05, 4.69) is 21.9 Å². The molecule has 1 atom stereocenters. The van der Waals surface area contributed by atoms with Gasteiger partial charge in [-0.25, -0.2) is 9.97 Å². The van der Waals surface area contributed by atoms with E-state index in [0.29, 0.717) is 25.6 Å². The summed E-state index contributed by atoms with van der Waals surface area (Å²) >= 11 is 0. The van der Waals surface area contributed by atoms with E-state index in [9.17, 15) is 4.79 Å². The molecule has 1 aromatic rings. The molecule has 1 aromatic heterocycles. The van der Waals surface area contributed by atoms with Gasteiger partial charge in [0.05, 0.1) is 25.7 Å². The summed E-state index contributed by atoms with van der Waals surface area (Å²) in [6.45, 7) is 6.79. The average molecular weight is 306 g/mol. The average Bonchev–Trinajstić information content (AvgIpc) is 2.98. The Morgan fingerprint density at radius 1 is 1.45 bits per heavy atom. The topological polar surface area (TPSA) is 58.6 Å². The number of ether oxygens (including phenoxy) is 1. The zero-order valence-electron chi connectivity index (χ0n) is 13.7. The van der Waals surface area contributed by atoms with E-state index in [0.717, 1.165) is 25.3 Å². The molecule has 22 heavy (non-hydrogen) atoms. The number of nitrogens with zero attached hydrogens (tertiary/aromatic N) is 4. The summed E-state index contributed by atoms with van der Waals surface area (Å²) in [4.78, 5) is 24.8. The standard InChI is InChI=1S/C16H26N4O2/c1-13(2)22-10-6-16(21)20-9-5-14(11-20)19(3)12-15-17-7-4-8-18-15/h4,7-8,13-14H,5-6,9-12H2,1-3H3/t14-/m0/s1. The van der Waals surface area contributed by atoms with Gasteiger partial charge in [-0.2, -0.15) is 0 Å². The van der Waals surface area contributed by atoms with Crippen LogP contribution in [-0.4, -0.2) is 64.6 Å². The van der Waals surface area contributed by atoms with Crippen molar-refractivity contribution in [2.45, 2.75) is 45.4 Å². The van der Waals surface area contributed by atoms with E-state index in [1.807, 2.05) is 24.8 Å². The van der Waals surface area contributed by atoms with Gasteiger partial charge >= 0.3 is 0 Å². The van der Waals surface area contributed by atoms with E-state index < -0.39 is 0 Å². The Morgan fingerprint density at radius 3 is 2.86 bits per heavy atom. The summed E-state index contributed by atoms with van der Waals surface area (Å²) < 4.78 is 5.45. The fourth-order valence-electron chi connectivity index (χ4n) is 2.63. The molecule has 2 rings (SSSR count). The van der Waals surface area contributed by atoms with Crippen molar-refractivity contribution in [3.63, 3.8) is 0 Å². The Balaban J connectivity index is 1.75. The molecule has 0 N–H and O–H groups in total. The van der Waals surface area contributed by atoms with Gasteiger partial charge in [-0.3, -0.25) is 9.69 Å². The maximum atomic E-state index is 12.2. The third-order valence-corrected chi connectivity index (χ3v) is 3.92. The Hall–Kier alpha value is -1.53. The van der Waals surface area contributed by atoms with Crippen LogP contribution in [0.2, 0.25) is 0 Å². The Labute approximate surface area is 132 Å². The highest BCUT2D eigenvalue weighted by Gasteiger charge is 2.28. The first-order chi connectivity index (χ1) is 10.6. The Bertz CT molecular complexity index is 466. The van der Waals surface area contributed by atoms with Gasteiger partial charge in [0.15, 0.2) is 0 Å². The summed E-state index contributed by atoms with van der Waals surface area (Å²) in [6.07, 6.45) is 5.16. The lowest BCUT2D eigenvalue weighted by Crippen LogP contribution is -2.36. The molecule has 0 aliphatic carbocycles. The van der Waals surface area contributed by atoms with Crippen LogP contribution in [-0.2, 0) is 16.1 Å². The van der Waals surface area contributed by atoms with Crippen molar-refractivity contribution in [2.75, 3.05) is 26.7 Å². The van der Waals surface area contributed by atoms with Crippen LogP contribution in [0.25, 0.3) is 0 Å². The summed E-state index contributed by atoms with van der Waals surface area (Å²) in [5, 5.41) is 0. The molecule has 1 fully saturated rings. The van der Waals surface area contributed by atoms with Gasteiger partial charge in [0.25, 0.3) is 0 Å². The highest BCUT2D eigenvalue weighted by atomic mass is 16.5. The van der Waals surface area contributed by atoms with Crippen LogP contribution in [0.4, 0.5) is 0 Å². The number of rotatable bonds is 7. The zero-order chi connectivity index (χ0) is 15.9. The van der Waals surface area contributed by atoms with Crippen LogP contribution >= 0.6 is 0 Å². The van der Waals surface area contributed by atoms with Crippen molar-refractivity contribution in [3.8, 4) is 0 Å². The number of carbonyl (C=O) groups is 1. The van der Waals surface area contributed by atoms with Gasteiger partial charge < -0.3 is 9.64 Å². The monoisotopic (exact) mass is 306 g/mol. The number of hydrogen-bond acceptors (Lipinski definition) is 5. The molecular weight excluding hydrogens is 280 g/mol. The summed E-state index contributed by atoms with van der Waals surface area (Å²) in [7, 11) is 2.07. The van der Waals surface area contributed by atoms with Gasteiger partial charge in [0.2, 0.25) is 5.91 Å². The second kappa shape index (κ2) is 8.19. The first-order valence-corrected chi connectivity index (χ1v) is 7.91. The normalized spacial score (nSPS) is 18.4. The summed E-state index contributed by atoms with van der Waals surface area (Å²) in [6, 6.07) is 2.19. The van der Waals surface area contributed by atoms with E-state index in [1.165, 1.54) is 0 Å². The SMILES string of the molecule is CC(C)OCCC(=O)N1CC[C@H](N(C)Cc2ncccn2)C1. The molecule has 1 aliphatic rings. The van der Waals surface area contributed by atoms with Crippen LogP contribution in [0, 0.1) is 0 Å². The molecule has 0 saturated carbocycles. The van der Waals surface area contributed by atoms with Gasteiger partial charge in [-0.15, -0.1) is 0 Å².